The fourth-order valence-electron chi connectivity index (χ4n) is 3.65. The molecule has 0 unspecified atom stereocenters. The second-order valence-corrected chi connectivity index (χ2v) is 7.46. The van der Waals surface area contributed by atoms with E-state index in [-0.39, 0.29) is 0 Å². The Balaban J connectivity index is 1.48. The summed E-state index contributed by atoms with van der Waals surface area (Å²) in [6.45, 7) is 8.90. The lowest BCUT2D eigenvalue weighted by atomic mass is 9.56. The van der Waals surface area contributed by atoms with Gasteiger partial charge in [0.05, 0.1) is 24.6 Å². The summed E-state index contributed by atoms with van der Waals surface area (Å²) in [6, 6.07) is 0. The maximum atomic E-state index is 9.86. The maximum Gasteiger partial charge on any atom is 0.225 e. The average molecular weight is 291 g/mol. The third-order valence-corrected chi connectivity index (χ3v) is 4.43. The molecule has 1 saturated carbocycles. The van der Waals surface area contributed by atoms with Gasteiger partial charge in [0.15, 0.2) is 5.75 Å². The molecule has 1 aromatic rings. The molecule has 1 saturated heterocycles. The van der Waals surface area contributed by atoms with E-state index in [9.17, 15) is 5.11 Å². The number of nitrogens with zero attached hydrogens (tertiary/aromatic N) is 3. The summed E-state index contributed by atoms with van der Waals surface area (Å²) in [6.07, 6.45) is 6.34. The highest BCUT2D eigenvalue weighted by molar-refractivity contribution is 5.39. The Hall–Kier alpha value is -1.36. The molecule has 0 atom stereocenters. The molecule has 1 aromatic heterocycles. The molecular formula is C16H25N3O2. The quantitative estimate of drug-likeness (QED) is 0.901. The first-order valence-corrected chi connectivity index (χ1v) is 7.80. The molecule has 2 aliphatic rings. The number of hydrogen-bond acceptors (Lipinski definition) is 5. The Kier molecular flexibility index (Phi) is 3.56. The van der Waals surface area contributed by atoms with Gasteiger partial charge in [0, 0.05) is 18.5 Å². The second-order valence-electron chi connectivity index (χ2n) is 7.46. The predicted molar refractivity (Wildman–Crippen MR) is 81.5 cm³/mol. The fraction of sp³-hybridized carbons (Fsp3) is 0.750. The Morgan fingerprint density at radius 1 is 1.29 bits per heavy atom. The smallest absolute Gasteiger partial charge is 0.225 e. The van der Waals surface area contributed by atoms with Gasteiger partial charge in [-0.25, -0.2) is 9.97 Å². The molecule has 5 heteroatoms. The maximum absolute atomic E-state index is 9.86. The van der Waals surface area contributed by atoms with E-state index in [1.165, 1.54) is 0 Å². The van der Waals surface area contributed by atoms with Crippen LogP contribution in [-0.2, 0) is 0 Å². The summed E-state index contributed by atoms with van der Waals surface area (Å²) >= 11 is 0. The zero-order valence-corrected chi connectivity index (χ0v) is 13.2. The molecule has 0 amide bonds. The van der Waals surface area contributed by atoms with Crippen LogP contribution in [0, 0.1) is 11.3 Å². The average Bonchev–Trinajstić information content (AvgIpc) is 2.33. The SMILES string of the molecule is CC(C)CCOc1cnc(N2CC3(C2)CC(C)(O)C3)nc1. The van der Waals surface area contributed by atoms with E-state index < -0.39 is 5.60 Å². The first-order valence-electron chi connectivity index (χ1n) is 7.80. The zero-order valence-electron chi connectivity index (χ0n) is 13.2. The molecule has 0 bridgehead atoms. The van der Waals surface area contributed by atoms with Gasteiger partial charge >= 0.3 is 0 Å². The van der Waals surface area contributed by atoms with Gasteiger partial charge in [-0.05, 0) is 32.1 Å². The van der Waals surface area contributed by atoms with Crippen molar-refractivity contribution in [2.45, 2.75) is 45.6 Å². The Morgan fingerprint density at radius 2 is 1.90 bits per heavy atom. The predicted octanol–water partition coefficient (Wildman–Crippen LogP) is 2.25. The van der Waals surface area contributed by atoms with E-state index in [1.54, 1.807) is 12.4 Å². The third-order valence-electron chi connectivity index (χ3n) is 4.43. The fourth-order valence-corrected chi connectivity index (χ4v) is 3.65. The van der Waals surface area contributed by atoms with Gasteiger partial charge in [-0.2, -0.15) is 0 Å². The van der Waals surface area contributed by atoms with Crippen LogP contribution in [0.2, 0.25) is 0 Å². The molecule has 1 spiro atoms. The number of hydrogen-bond donors (Lipinski definition) is 1. The van der Waals surface area contributed by atoms with Gasteiger partial charge in [-0.1, -0.05) is 13.8 Å². The van der Waals surface area contributed by atoms with E-state index in [4.69, 9.17) is 4.74 Å². The van der Waals surface area contributed by atoms with Crippen LogP contribution in [-0.4, -0.2) is 40.4 Å². The van der Waals surface area contributed by atoms with Gasteiger partial charge in [0.25, 0.3) is 0 Å². The number of ether oxygens (including phenoxy) is 1. The van der Waals surface area contributed by atoms with Crippen LogP contribution in [0.3, 0.4) is 0 Å². The van der Waals surface area contributed by atoms with Gasteiger partial charge < -0.3 is 14.7 Å². The molecule has 3 rings (SSSR count). The standard InChI is InChI=1S/C16H25N3O2/c1-12(2)4-5-21-13-6-17-14(18-7-13)19-10-16(11-19)8-15(3,20)9-16/h6-7,12,20H,4-5,8-11H2,1-3H3. The molecule has 1 aliphatic carbocycles. The van der Waals surface area contributed by atoms with Crippen LogP contribution in [0.15, 0.2) is 12.4 Å². The van der Waals surface area contributed by atoms with Crippen molar-refractivity contribution in [3.63, 3.8) is 0 Å². The van der Waals surface area contributed by atoms with Crippen molar-refractivity contribution in [3.05, 3.63) is 12.4 Å². The van der Waals surface area contributed by atoms with Crippen molar-refractivity contribution < 1.29 is 9.84 Å². The lowest BCUT2D eigenvalue weighted by molar-refractivity contribution is -0.127. The van der Waals surface area contributed by atoms with Crippen LogP contribution in [0.25, 0.3) is 0 Å². The van der Waals surface area contributed by atoms with Gasteiger partial charge in [0.2, 0.25) is 5.95 Å². The number of anilines is 1. The molecule has 21 heavy (non-hydrogen) atoms. The van der Waals surface area contributed by atoms with Crippen LogP contribution >= 0.6 is 0 Å². The number of aliphatic hydroxyl groups is 1. The highest BCUT2D eigenvalue weighted by Gasteiger charge is 2.57. The zero-order chi connectivity index (χ0) is 15.1. The molecule has 1 N–H and O–H groups in total. The second kappa shape index (κ2) is 5.13. The highest BCUT2D eigenvalue weighted by atomic mass is 16.5. The molecular weight excluding hydrogens is 266 g/mol. The third kappa shape index (κ3) is 3.12. The topological polar surface area (TPSA) is 58.5 Å². The van der Waals surface area contributed by atoms with Crippen LogP contribution in [0.4, 0.5) is 5.95 Å². The first kappa shape index (κ1) is 14.6. The van der Waals surface area contributed by atoms with E-state index in [0.717, 1.165) is 44.0 Å². The van der Waals surface area contributed by atoms with E-state index in [1.807, 2.05) is 6.92 Å². The molecule has 0 aromatic carbocycles. The molecule has 116 valence electrons. The summed E-state index contributed by atoms with van der Waals surface area (Å²) in [4.78, 5) is 10.9. The van der Waals surface area contributed by atoms with Gasteiger partial charge in [0.1, 0.15) is 0 Å². The summed E-state index contributed by atoms with van der Waals surface area (Å²) in [5, 5.41) is 9.86. The van der Waals surface area contributed by atoms with Crippen molar-refractivity contribution in [3.8, 4) is 5.75 Å². The number of aromatic nitrogens is 2. The lowest BCUT2D eigenvalue weighted by Gasteiger charge is -2.61. The monoisotopic (exact) mass is 291 g/mol. The minimum atomic E-state index is -0.457. The molecule has 0 radical (unpaired) electrons. The molecule has 2 heterocycles. The van der Waals surface area contributed by atoms with Crippen molar-refractivity contribution in [1.82, 2.24) is 9.97 Å². The Bertz CT molecular complexity index is 483. The summed E-state index contributed by atoms with van der Waals surface area (Å²) < 4.78 is 5.63. The van der Waals surface area contributed by atoms with Crippen LogP contribution < -0.4 is 9.64 Å². The first-order chi connectivity index (χ1) is 9.88. The lowest BCUT2D eigenvalue weighted by Crippen LogP contribution is -2.67. The summed E-state index contributed by atoms with van der Waals surface area (Å²) in [5.74, 6) is 2.15. The summed E-state index contributed by atoms with van der Waals surface area (Å²) in [5.41, 5.74) is -0.152. The van der Waals surface area contributed by atoms with E-state index in [2.05, 4.69) is 28.7 Å². The molecule has 5 nitrogen and oxygen atoms in total. The normalized spacial score (nSPS) is 22.0. The Morgan fingerprint density at radius 3 is 2.43 bits per heavy atom. The van der Waals surface area contributed by atoms with Crippen LogP contribution in [0.1, 0.15) is 40.0 Å². The Labute approximate surface area is 126 Å². The van der Waals surface area contributed by atoms with E-state index in [0.29, 0.717) is 17.9 Å². The van der Waals surface area contributed by atoms with E-state index >= 15 is 0 Å². The van der Waals surface area contributed by atoms with Gasteiger partial charge in [-0.15, -0.1) is 0 Å². The minimum absolute atomic E-state index is 0.305. The molecule has 2 fully saturated rings. The van der Waals surface area contributed by atoms with Crippen LogP contribution in [0.5, 0.6) is 5.75 Å². The van der Waals surface area contributed by atoms with Crippen molar-refractivity contribution in [2.75, 3.05) is 24.6 Å². The van der Waals surface area contributed by atoms with Crippen molar-refractivity contribution >= 4 is 5.95 Å². The minimum Gasteiger partial charge on any atom is -0.490 e. The largest absolute Gasteiger partial charge is 0.490 e. The van der Waals surface area contributed by atoms with Crippen molar-refractivity contribution in [1.29, 1.82) is 0 Å². The van der Waals surface area contributed by atoms with Crippen molar-refractivity contribution in [2.24, 2.45) is 11.3 Å². The highest BCUT2D eigenvalue weighted by Crippen LogP contribution is 2.54. The van der Waals surface area contributed by atoms with Gasteiger partial charge in [-0.3, -0.25) is 0 Å². The summed E-state index contributed by atoms with van der Waals surface area (Å²) in [7, 11) is 0. The molecule has 1 aliphatic heterocycles. The number of rotatable bonds is 5.